The van der Waals surface area contributed by atoms with E-state index in [0.29, 0.717) is 11.0 Å². The highest BCUT2D eigenvalue weighted by atomic mass is 79.9. The van der Waals surface area contributed by atoms with E-state index in [1.807, 2.05) is 6.07 Å². The fourth-order valence-electron chi connectivity index (χ4n) is 0.949. The minimum absolute atomic E-state index is 0.410. The number of nitrogens with zero attached hydrogens (tertiary/aromatic N) is 2. The number of halogens is 2. The number of hydrogen-bond donors (Lipinski definition) is 0. The van der Waals surface area contributed by atoms with Gasteiger partial charge in [0.1, 0.15) is 15.4 Å². The number of furan rings is 1. The van der Waals surface area contributed by atoms with Gasteiger partial charge in [0.15, 0.2) is 5.22 Å². The van der Waals surface area contributed by atoms with Gasteiger partial charge in [-0.05, 0) is 39.7 Å². The van der Waals surface area contributed by atoms with Crippen molar-refractivity contribution in [3.63, 3.8) is 0 Å². The van der Waals surface area contributed by atoms with E-state index in [1.54, 1.807) is 30.2 Å². The molecule has 3 nitrogen and oxygen atoms in total. The van der Waals surface area contributed by atoms with Crippen LogP contribution in [0.15, 0.2) is 38.6 Å². The molecule has 2 heterocycles. The Morgan fingerprint density at radius 2 is 2.20 bits per heavy atom. The van der Waals surface area contributed by atoms with Crippen LogP contribution in [-0.2, 0) is 5.75 Å². The first-order valence-corrected chi connectivity index (χ1v) is 6.24. The highest BCUT2D eigenvalue weighted by Crippen LogP contribution is 2.23. The maximum atomic E-state index is 5.65. The summed E-state index contributed by atoms with van der Waals surface area (Å²) in [4.78, 5) is 8.25. The summed E-state index contributed by atoms with van der Waals surface area (Å²) in [6.07, 6.45) is 3.37. The van der Waals surface area contributed by atoms with Crippen LogP contribution in [0.1, 0.15) is 5.76 Å². The smallest absolute Gasteiger partial charge is 0.193 e. The molecule has 0 unspecified atom stereocenters. The zero-order valence-electron chi connectivity index (χ0n) is 7.48. The lowest BCUT2D eigenvalue weighted by molar-refractivity contribution is 0.532. The fraction of sp³-hybridized carbons (Fsp3) is 0.111. The Labute approximate surface area is 104 Å². The van der Waals surface area contributed by atoms with Crippen LogP contribution in [0, 0.1) is 0 Å². The van der Waals surface area contributed by atoms with E-state index in [4.69, 9.17) is 16.0 Å². The van der Waals surface area contributed by atoms with E-state index in [-0.39, 0.29) is 0 Å². The van der Waals surface area contributed by atoms with E-state index in [0.717, 1.165) is 15.4 Å². The van der Waals surface area contributed by atoms with Crippen molar-refractivity contribution in [2.24, 2.45) is 0 Å². The predicted octanol–water partition coefficient (Wildman–Crippen LogP) is 3.78. The maximum absolute atomic E-state index is 5.65. The van der Waals surface area contributed by atoms with Crippen LogP contribution in [0.25, 0.3) is 0 Å². The molecule has 0 saturated heterocycles. The van der Waals surface area contributed by atoms with Gasteiger partial charge >= 0.3 is 0 Å². The average Bonchev–Trinajstić information content (AvgIpc) is 2.64. The Balaban J connectivity index is 1.96. The Morgan fingerprint density at radius 3 is 2.80 bits per heavy atom. The van der Waals surface area contributed by atoms with Crippen LogP contribution < -0.4 is 0 Å². The Bertz CT molecular complexity index is 446. The van der Waals surface area contributed by atoms with Crippen molar-refractivity contribution in [1.29, 1.82) is 0 Å². The SMILES string of the molecule is Clc1ccc(CSc2cnc(Br)cn2)o1. The van der Waals surface area contributed by atoms with Gasteiger partial charge in [0.2, 0.25) is 0 Å². The molecule has 15 heavy (non-hydrogen) atoms. The topological polar surface area (TPSA) is 38.9 Å². The van der Waals surface area contributed by atoms with E-state index < -0.39 is 0 Å². The third kappa shape index (κ3) is 3.22. The summed E-state index contributed by atoms with van der Waals surface area (Å²) in [6, 6.07) is 3.58. The van der Waals surface area contributed by atoms with E-state index in [9.17, 15) is 0 Å². The van der Waals surface area contributed by atoms with Gasteiger partial charge in [0, 0.05) is 0 Å². The first kappa shape index (κ1) is 11.0. The first-order valence-electron chi connectivity index (χ1n) is 4.08. The van der Waals surface area contributed by atoms with Crippen LogP contribution in [-0.4, -0.2) is 9.97 Å². The first-order chi connectivity index (χ1) is 7.24. The van der Waals surface area contributed by atoms with Crippen LogP contribution >= 0.6 is 39.3 Å². The lowest BCUT2D eigenvalue weighted by Gasteiger charge is -1.97. The molecule has 6 heteroatoms. The molecule has 0 aliphatic carbocycles. The van der Waals surface area contributed by atoms with Crippen LogP contribution in [0.4, 0.5) is 0 Å². The summed E-state index contributed by atoms with van der Waals surface area (Å²) in [5.74, 6) is 1.53. The third-order valence-corrected chi connectivity index (χ3v) is 3.14. The standard InChI is InChI=1S/C9H6BrClN2OS/c10-7-3-13-9(4-12-7)15-5-6-1-2-8(11)14-6/h1-4H,5H2. The molecular formula is C9H6BrClN2OS. The largest absolute Gasteiger partial charge is 0.449 e. The molecule has 2 aromatic heterocycles. The summed E-state index contributed by atoms with van der Waals surface area (Å²) in [6.45, 7) is 0. The van der Waals surface area contributed by atoms with Crippen molar-refractivity contribution in [2.45, 2.75) is 10.8 Å². The van der Waals surface area contributed by atoms with E-state index in [1.165, 1.54) is 0 Å². The molecule has 2 rings (SSSR count). The van der Waals surface area contributed by atoms with Crippen molar-refractivity contribution in [1.82, 2.24) is 9.97 Å². The predicted molar refractivity (Wildman–Crippen MR) is 63.0 cm³/mol. The fourth-order valence-corrected chi connectivity index (χ4v) is 2.02. The summed E-state index contributed by atoms with van der Waals surface area (Å²) in [5.41, 5.74) is 0. The second kappa shape index (κ2) is 5.01. The van der Waals surface area contributed by atoms with Crippen molar-refractivity contribution < 1.29 is 4.42 Å². The number of aromatic nitrogens is 2. The van der Waals surface area contributed by atoms with Gasteiger partial charge in [-0.25, -0.2) is 9.97 Å². The normalized spacial score (nSPS) is 10.5. The second-order valence-corrected chi connectivity index (χ2v) is 4.85. The number of thioether (sulfide) groups is 1. The molecule has 0 fully saturated rings. The van der Waals surface area contributed by atoms with Crippen molar-refractivity contribution in [2.75, 3.05) is 0 Å². The summed E-state index contributed by atoms with van der Waals surface area (Å²) in [5, 5.41) is 1.26. The Morgan fingerprint density at radius 1 is 1.33 bits per heavy atom. The molecule has 0 aliphatic rings. The molecule has 0 aliphatic heterocycles. The molecule has 2 aromatic rings. The molecular weight excluding hydrogens is 300 g/mol. The van der Waals surface area contributed by atoms with Gasteiger partial charge < -0.3 is 4.42 Å². The lowest BCUT2D eigenvalue weighted by Crippen LogP contribution is -1.83. The molecule has 0 N–H and O–H groups in total. The molecule has 0 radical (unpaired) electrons. The Kier molecular flexibility index (Phi) is 3.66. The summed E-state index contributed by atoms with van der Waals surface area (Å²) < 4.78 is 5.95. The molecule has 0 atom stereocenters. The van der Waals surface area contributed by atoms with E-state index in [2.05, 4.69) is 25.9 Å². The summed E-state index contributed by atoms with van der Waals surface area (Å²) >= 11 is 10.4. The minimum atomic E-state index is 0.410. The summed E-state index contributed by atoms with van der Waals surface area (Å²) in [7, 11) is 0. The highest BCUT2D eigenvalue weighted by molar-refractivity contribution is 9.10. The average molecular weight is 306 g/mol. The van der Waals surface area contributed by atoms with Crippen LogP contribution in [0.2, 0.25) is 5.22 Å². The zero-order valence-corrected chi connectivity index (χ0v) is 10.6. The molecule has 78 valence electrons. The third-order valence-electron chi connectivity index (χ3n) is 1.59. The van der Waals surface area contributed by atoms with Crippen LogP contribution in [0.3, 0.4) is 0 Å². The van der Waals surface area contributed by atoms with Crippen LogP contribution in [0.5, 0.6) is 0 Å². The lowest BCUT2D eigenvalue weighted by atomic mass is 10.5. The molecule has 0 spiro atoms. The Hall–Kier alpha value is -0.520. The van der Waals surface area contributed by atoms with Gasteiger partial charge in [-0.15, -0.1) is 0 Å². The van der Waals surface area contributed by atoms with Crippen molar-refractivity contribution >= 4 is 39.3 Å². The van der Waals surface area contributed by atoms with Gasteiger partial charge in [0.05, 0.1) is 18.1 Å². The minimum Gasteiger partial charge on any atom is -0.449 e. The molecule has 0 saturated carbocycles. The number of hydrogen-bond acceptors (Lipinski definition) is 4. The van der Waals surface area contributed by atoms with E-state index >= 15 is 0 Å². The zero-order chi connectivity index (χ0) is 10.7. The van der Waals surface area contributed by atoms with Gasteiger partial charge in [-0.3, -0.25) is 0 Å². The second-order valence-electron chi connectivity index (χ2n) is 2.67. The quantitative estimate of drug-likeness (QED) is 0.809. The van der Waals surface area contributed by atoms with Crippen molar-refractivity contribution in [3.05, 3.63) is 40.1 Å². The molecule has 0 bridgehead atoms. The van der Waals surface area contributed by atoms with Gasteiger partial charge in [-0.1, -0.05) is 11.8 Å². The molecule has 0 amide bonds. The monoisotopic (exact) mass is 304 g/mol. The van der Waals surface area contributed by atoms with Crippen molar-refractivity contribution in [3.8, 4) is 0 Å². The molecule has 0 aromatic carbocycles. The van der Waals surface area contributed by atoms with Gasteiger partial charge in [-0.2, -0.15) is 0 Å². The maximum Gasteiger partial charge on any atom is 0.193 e. The number of rotatable bonds is 3. The highest BCUT2D eigenvalue weighted by Gasteiger charge is 2.02. The van der Waals surface area contributed by atoms with Gasteiger partial charge in [0.25, 0.3) is 0 Å².